The van der Waals surface area contributed by atoms with E-state index in [4.69, 9.17) is 32.2 Å². The van der Waals surface area contributed by atoms with Crippen LogP contribution in [0, 0.1) is 5.41 Å². The van der Waals surface area contributed by atoms with Crippen molar-refractivity contribution in [3.05, 3.63) is 29.6 Å². The Kier molecular flexibility index (Phi) is 7.65. The molecule has 28 heavy (non-hydrogen) atoms. The van der Waals surface area contributed by atoms with Crippen molar-refractivity contribution in [2.24, 2.45) is 5.73 Å². The number of amides is 1. The molecule has 0 spiro atoms. The number of rotatable bonds is 7. The molecule has 0 atom stereocenters. The first-order valence-corrected chi connectivity index (χ1v) is 10.2. The Labute approximate surface area is 173 Å². The van der Waals surface area contributed by atoms with E-state index >= 15 is 0 Å². The predicted octanol–water partition coefficient (Wildman–Crippen LogP) is 4.84. The van der Waals surface area contributed by atoms with Crippen LogP contribution in [0.1, 0.15) is 33.6 Å². The minimum atomic E-state index is -0.739. The first-order chi connectivity index (χ1) is 13.2. The number of hydrogen-bond donors (Lipinski definition) is 2. The Morgan fingerprint density at radius 1 is 1.36 bits per heavy atom. The van der Waals surface area contributed by atoms with Crippen molar-refractivity contribution in [2.75, 3.05) is 17.4 Å². The Bertz CT molecular complexity index is 820. The number of nitrogens with two attached hydrogens (primary N) is 1. The molecule has 1 amide bonds. The number of nitrogens with zero attached hydrogens (tertiary/aromatic N) is 2. The molecule has 7 nitrogen and oxygen atoms in total. The van der Waals surface area contributed by atoms with Gasteiger partial charge in [-0.3, -0.25) is 5.41 Å². The molecule has 2 aromatic rings. The van der Waals surface area contributed by atoms with Crippen LogP contribution in [-0.2, 0) is 4.74 Å². The van der Waals surface area contributed by atoms with Crippen LogP contribution in [0.3, 0.4) is 0 Å². The summed E-state index contributed by atoms with van der Waals surface area (Å²) in [5.74, 6) is 0.902. The molecular formula is C19H25ClN4O3S. The predicted molar refractivity (Wildman–Crippen MR) is 114 cm³/mol. The number of alkyl halides is 1. The van der Waals surface area contributed by atoms with Crippen molar-refractivity contribution in [3.8, 4) is 17.0 Å². The van der Waals surface area contributed by atoms with Crippen LogP contribution in [0.25, 0.3) is 11.3 Å². The van der Waals surface area contributed by atoms with E-state index in [1.54, 1.807) is 26.2 Å². The highest BCUT2D eigenvalue weighted by molar-refractivity contribution is 7.14. The van der Waals surface area contributed by atoms with Gasteiger partial charge in [0.05, 0.1) is 12.3 Å². The quantitative estimate of drug-likeness (QED) is 0.286. The number of carbonyl (C=O) groups is 1. The lowest BCUT2D eigenvalue weighted by atomic mass is 10.2. The van der Waals surface area contributed by atoms with E-state index < -0.39 is 17.7 Å². The van der Waals surface area contributed by atoms with Gasteiger partial charge in [0.1, 0.15) is 11.4 Å². The molecule has 1 aromatic heterocycles. The third kappa shape index (κ3) is 6.38. The van der Waals surface area contributed by atoms with Gasteiger partial charge in [0.15, 0.2) is 0 Å². The summed E-state index contributed by atoms with van der Waals surface area (Å²) in [5.41, 5.74) is 6.37. The standard InChI is InChI=1S/C19H25ClN4O3S/c1-19(2,3)27-18(25)24(16(21)22)17-23-15(12-28-17)13-7-6-8-14(11-13)26-10-5-4-9-20/h6-8,11-12H,4-5,9-10H2,1-3H3,(H3,21,22). The molecule has 0 fully saturated rings. The highest BCUT2D eigenvalue weighted by Gasteiger charge is 2.28. The van der Waals surface area contributed by atoms with Crippen molar-refractivity contribution in [3.63, 3.8) is 0 Å². The maximum Gasteiger partial charge on any atom is 0.423 e. The molecule has 2 rings (SSSR count). The van der Waals surface area contributed by atoms with Gasteiger partial charge in [0, 0.05) is 16.8 Å². The third-order valence-electron chi connectivity index (χ3n) is 3.43. The molecular weight excluding hydrogens is 400 g/mol. The zero-order valence-corrected chi connectivity index (χ0v) is 17.8. The molecule has 0 saturated heterocycles. The molecule has 0 aliphatic carbocycles. The van der Waals surface area contributed by atoms with E-state index in [1.165, 1.54) is 11.3 Å². The number of thiazole rings is 1. The molecule has 9 heteroatoms. The summed E-state index contributed by atoms with van der Waals surface area (Å²) in [5, 5.41) is 9.79. The third-order valence-corrected chi connectivity index (χ3v) is 4.52. The van der Waals surface area contributed by atoms with Crippen molar-refractivity contribution >= 4 is 40.1 Å². The van der Waals surface area contributed by atoms with Gasteiger partial charge in [-0.2, -0.15) is 4.90 Å². The fourth-order valence-electron chi connectivity index (χ4n) is 2.22. The summed E-state index contributed by atoms with van der Waals surface area (Å²) in [7, 11) is 0. The van der Waals surface area contributed by atoms with E-state index in [2.05, 4.69) is 4.98 Å². The van der Waals surface area contributed by atoms with Crippen molar-refractivity contribution in [1.29, 1.82) is 5.41 Å². The highest BCUT2D eigenvalue weighted by atomic mass is 35.5. The summed E-state index contributed by atoms with van der Waals surface area (Å²) in [6, 6.07) is 7.53. The SMILES string of the molecule is CC(C)(C)OC(=O)N(C(=N)N)c1nc(-c2cccc(OCCCCCl)c2)cs1. The lowest BCUT2D eigenvalue weighted by Crippen LogP contribution is -2.44. The number of nitrogens with one attached hydrogen (secondary N) is 1. The van der Waals surface area contributed by atoms with Crippen LogP contribution in [-0.4, -0.2) is 35.1 Å². The average molecular weight is 425 g/mol. The number of aromatic nitrogens is 1. The number of hydrogen-bond acceptors (Lipinski definition) is 6. The average Bonchev–Trinajstić information content (AvgIpc) is 3.06. The van der Waals surface area contributed by atoms with Gasteiger partial charge in [0.2, 0.25) is 11.1 Å². The minimum absolute atomic E-state index is 0.269. The zero-order valence-electron chi connectivity index (χ0n) is 16.2. The van der Waals surface area contributed by atoms with Gasteiger partial charge in [-0.15, -0.1) is 22.9 Å². The fourth-order valence-corrected chi connectivity index (χ4v) is 3.24. The molecule has 0 aliphatic rings. The number of unbranched alkanes of at least 4 members (excludes halogenated alkanes) is 1. The van der Waals surface area contributed by atoms with Gasteiger partial charge in [-0.05, 0) is 45.7 Å². The molecule has 3 N–H and O–H groups in total. The van der Waals surface area contributed by atoms with Gasteiger partial charge in [-0.1, -0.05) is 12.1 Å². The summed E-state index contributed by atoms with van der Waals surface area (Å²) in [4.78, 5) is 17.8. The second kappa shape index (κ2) is 9.75. The van der Waals surface area contributed by atoms with Gasteiger partial charge >= 0.3 is 6.09 Å². The lowest BCUT2D eigenvalue weighted by Gasteiger charge is -2.24. The smallest absolute Gasteiger partial charge is 0.423 e. The minimum Gasteiger partial charge on any atom is -0.494 e. The topological polar surface area (TPSA) is 102 Å². The normalized spacial score (nSPS) is 11.1. The molecule has 152 valence electrons. The number of carbonyl (C=O) groups excluding carboxylic acids is 1. The van der Waals surface area contributed by atoms with Crippen LogP contribution in [0.4, 0.5) is 9.93 Å². The van der Waals surface area contributed by atoms with Crippen LogP contribution in [0.2, 0.25) is 0 Å². The van der Waals surface area contributed by atoms with Crippen LogP contribution in [0.15, 0.2) is 29.6 Å². The van der Waals surface area contributed by atoms with E-state index in [9.17, 15) is 4.79 Å². The molecule has 0 bridgehead atoms. The fraction of sp³-hybridized carbons (Fsp3) is 0.421. The maximum absolute atomic E-state index is 12.4. The Morgan fingerprint density at radius 3 is 2.75 bits per heavy atom. The molecule has 0 radical (unpaired) electrons. The number of anilines is 1. The van der Waals surface area contributed by atoms with Gasteiger partial charge in [0.25, 0.3) is 0 Å². The highest BCUT2D eigenvalue weighted by Crippen LogP contribution is 2.30. The molecule has 0 saturated carbocycles. The number of guanidine groups is 1. The van der Waals surface area contributed by atoms with Gasteiger partial charge in [-0.25, -0.2) is 9.78 Å². The molecule has 0 unspecified atom stereocenters. The first kappa shape index (κ1) is 22.0. The Hall–Kier alpha value is -2.32. The van der Waals surface area contributed by atoms with E-state index in [1.807, 2.05) is 24.3 Å². The number of halogens is 1. The maximum atomic E-state index is 12.4. The Balaban J connectivity index is 2.17. The van der Waals surface area contributed by atoms with E-state index in [0.29, 0.717) is 18.2 Å². The molecule has 1 aromatic carbocycles. The monoisotopic (exact) mass is 424 g/mol. The molecule has 1 heterocycles. The van der Waals surface area contributed by atoms with E-state index in [0.717, 1.165) is 29.1 Å². The number of benzene rings is 1. The summed E-state index contributed by atoms with van der Waals surface area (Å²) in [6.07, 6.45) is 1.05. The van der Waals surface area contributed by atoms with Crippen LogP contribution < -0.4 is 15.4 Å². The van der Waals surface area contributed by atoms with Crippen molar-refractivity contribution in [2.45, 2.75) is 39.2 Å². The van der Waals surface area contributed by atoms with Gasteiger partial charge < -0.3 is 15.2 Å². The first-order valence-electron chi connectivity index (χ1n) is 8.83. The van der Waals surface area contributed by atoms with Crippen molar-refractivity contribution < 1.29 is 14.3 Å². The summed E-state index contributed by atoms with van der Waals surface area (Å²) < 4.78 is 11.1. The zero-order chi connectivity index (χ0) is 20.7. The second-order valence-electron chi connectivity index (χ2n) is 6.99. The summed E-state index contributed by atoms with van der Waals surface area (Å²) in [6.45, 7) is 5.83. The van der Waals surface area contributed by atoms with Crippen LogP contribution >= 0.6 is 22.9 Å². The van der Waals surface area contributed by atoms with E-state index in [-0.39, 0.29) is 5.13 Å². The number of ether oxygens (including phenoxy) is 2. The largest absolute Gasteiger partial charge is 0.494 e. The molecule has 0 aliphatic heterocycles. The lowest BCUT2D eigenvalue weighted by molar-refractivity contribution is 0.0603. The Morgan fingerprint density at radius 2 is 2.11 bits per heavy atom. The van der Waals surface area contributed by atoms with Crippen LogP contribution in [0.5, 0.6) is 5.75 Å². The van der Waals surface area contributed by atoms with Crippen molar-refractivity contribution in [1.82, 2.24) is 4.98 Å². The summed E-state index contributed by atoms with van der Waals surface area (Å²) >= 11 is 6.88. The second-order valence-corrected chi connectivity index (χ2v) is 8.20.